The summed E-state index contributed by atoms with van der Waals surface area (Å²) < 4.78 is 0. The van der Waals surface area contributed by atoms with Crippen LogP contribution in [0.3, 0.4) is 0 Å². The van der Waals surface area contributed by atoms with Crippen molar-refractivity contribution >= 4 is 5.78 Å². The average Bonchev–Trinajstić information content (AvgIpc) is 2.31. The van der Waals surface area contributed by atoms with Gasteiger partial charge in [-0.05, 0) is 19.3 Å². The molecule has 0 radical (unpaired) electrons. The fourth-order valence-corrected chi connectivity index (χ4v) is 1.99. The zero-order valence-electron chi connectivity index (χ0n) is 6.58. The Morgan fingerprint density at radius 3 is 3.09 bits per heavy atom. The summed E-state index contributed by atoms with van der Waals surface area (Å²) in [6.45, 7) is 1.63. The molecule has 11 heavy (non-hydrogen) atoms. The smallest absolute Gasteiger partial charge is 0.165 e. The van der Waals surface area contributed by atoms with Crippen molar-refractivity contribution < 1.29 is 9.90 Å². The Balaban J connectivity index is 2.33. The van der Waals surface area contributed by atoms with Gasteiger partial charge >= 0.3 is 0 Å². The summed E-state index contributed by atoms with van der Waals surface area (Å²) in [5.41, 5.74) is -1.08. The first-order chi connectivity index (χ1) is 5.10. The van der Waals surface area contributed by atoms with Crippen LogP contribution in [0.15, 0.2) is 12.2 Å². The monoisotopic (exact) mass is 152 g/mol. The minimum Gasteiger partial charge on any atom is -0.382 e. The molecule has 0 aliphatic heterocycles. The van der Waals surface area contributed by atoms with E-state index < -0.39 is 5.60 Å². The number of carbonyl (C=O) groups is 1. The molecule has 2 heteroatoms. The predicted octanol–water partition coefficient (Wildman–Crippen LogP) is 0.902. The molecule has 0 amide bonds. The van der Waals surface area contributed by atoms with Crippen molar-refractivity contribution in [3.8, 4) is 0 Å². The average molecular weight is 152 g/mol. The van der Waals surface area contributed by atoms with Gasteiger partial charge in [-0.25, -0.2) is 0 Å². The third-order valence-electron chi connectivity index (χ3n) is 2.91. The highest BCUT2D eigenvalue weighted by Crippen LogP contribution is 2.40. The second kappa shape index (κ2) is 1.95. The molecule has 0 heterocycles. The van der Waals surface area contributed by atoms with Crippen LogP contribution < -0.4 is 0 Å². The van der Waals surface area contributed by atoms with E-state index >= 15 is 0 Å². The van der Waals surface area contributed by atoms with E-state index in [0.29, 0.717) is 12.3 Å². The second-order valence-electron chi connectivity index (χ2n) is 3.76. The quantitative estimate of drug-likeness (QED) is 0.524. The molecule has 1 N–H and O–H groups in total. The van der Waals surface area contributed by atoms with Gasteiger partial charge in [0.15, 0.2) is 5.78 Å². The topological polar surface area (TPSA) is 37.3 Å². The number of ketones is 1. The molecule has 2 rings (SSSR count). The molecule has 1 saturated carbocycles. The minimum atomic E-state index is -1.08. The fraction of sp³-hybridized carbons (Fsp3) is 0.667. The maximum Gasteiger partial charge on any atom is 0.165 e. The van der Waals surface area contributed by atoms with E-state index in [1.54, 1.807) is 6.92 Å². The molecule has 1 fully saturated rings. The molecular formula is C9H12O2. The summed E-state index contributed by atoms with van der Waals surface area (Å²) >= 11 is 0. The van der Waals surface area contributed by atoms with Crippen molar-refractivity contribution in [1.82, 2.24) is 0 Å². The number of fused-ring (bicyclic) bond motifs is 2. The highest BCUT2D eigenvalue weighted by molar-refractivity contribution is 5.89. The van der Waals surface area contributed by atoms with Crippen molar-refractivity contribution in [2.75, 3.05) is 0 Å². The first kappa shape index (κ1) is 7.04. The van der Waals surface area contributed by atoms with Crippen LogP contribution in [-0.2, 0) is 4.79 Å². The van der Waals surface area contributed by atoms with E-state index in [-0.39, 0.29) is 11.7 Å². The maximum absolute atomic E-state index is 11.3. The van der Waals surface area contributed by atoms with Crippen LogP contribution in [0.5, 0.6) is 0 Å². The number of Topliss-reactive ketones (excluding diaryl/α,β-unsaturated/α-hetero) is 1. The number of hydrogen-bond donors (Lipinski definition) is 1. The highest BCUT2D eigenvalue weighted by Gasteiger charge is 2.45. The Kier molecular flexibility index (Phi) is 1.25. The molecule has 2 aliphatic rings. The van der Waals surface area contributed by atoms with Crippen molar-refractivity contribution in [1.29, 1.82) is 0 Å². The molecule has 0 spiro atoms. The van der Waals surface area contributed by atoms with Gasteiger partial charge in [-0.1, -0.05) is 12.2 Å². The summed E-state index contributed by atoms with van der Waals surface area (Å²) in [5.74, 6) is 0.491. The van der Waals surface area contributed by atoms with Crippen molar-refractivity contribution in [2.24, 2.45) is 11.8 Å². The lowest BCUT2D eigenvalue weighted by Gasteiger charge is -2.32. The van der Waals surface area contributed by atoms with Gasteiger partial charge in [-0.15, -0.1) is 0 Å². The molecule has 2 nitrogen and oxygen atoms in total. The summed E-state index contributed by atoms with van der Waals surface area (Å²) in [6.07, 6.45) is 5.53. The third kappa shape index (κ3) is 0.857. The first-order valence-electron chi connectivity index (χ1n) is 4.04. The van der Waals surface area contributed by atoms with Crippen LogP contribution in [0.4, 0.5) is 0 Å². The van der Waals surface area contributed by atoms with Crippen LogP contribution in [-0.4, -0.2) is 16.5 Å². The summed E-state index contributed by atoms with van der Waals surface area (Å²) in [6, 6.07) is 0. The van der Waals surface area contributed by atoms with E-state index in [1.165, 1.54) is 0 Å². The Morgan fingerprint density at radius 1 is 1.64 bits per heavy atom. The van der Waals surface area contributed by atoms with Gasteiger partial charge in [0.2, 0.25) is 0 Å². The minimum absolute atomic E-state index is 0.00347. The van der Waals surface area contributed by atoms with Gasteiger partial charge < -0.3 is 5.11 Å². The Bertz CT molecular complexity index is 228. The molecule has 0 aromatic heterocycles. The lowest BCUT2D eigenvalue weighted by molar-refractivity contribution is -0.143. The van der Waals surface area contributed by atoms with Crippen molar-refractivity contribution in [2.45, 2.75) is 25.4 Å². The van der Waals surface area contributed by atoms with E-state index in [0.717, 1.165) is 6.42 Å². The predicted molar refractivity (Wildman–Crippen MR) is 41.0 cm³/mol. The van der Waals surface area contributed by atoms with Gasteiger partial charge in [0, 0.05) is 12.3 Å². The number of carbonyl (C=O) groups excluding carboxylic acids is 1. The highest BCUT2D eigenvalue weighted by atomic mass is 16.3. The van der Waals surface area contributed by atoms with Gasteiger partial charge in [0.25, 0.3) is 0 Å². The van der Waals surface area contributed by atoms with Crippen LogP contribution in [0.1, 0.15) is 19.8 Å². The molecule has 3 unspecified atom stereocenters. The number of hydrogen-bond acceptors (Lipinski definition) is 2. The van der Waals surface area contributed by atoms with Crippen molar-refractivity contribution in [3.63, 3.8) is 0 Å². The summed E-state index contributed by atoms with van der Waals surface area (Å²) in [5, 5.41) is 9.73. The Labute approximate surface area is 65.9 Å². The van der Waals surface area contributed by atoms with Crippen LogP contribution >= 0.6 is 0 Å². The van der Waals surface area contributed by atoms with Gasteiger partial charge in [0.1, 0.15) is 5.60 Å². The Hall–Kier alpha value is -0.630. The van der Waals surface area contributed by atoms with Crippen LogP contribution in [0.25, 0.3) is 0 Å². The maximum atomic E-state index is 11.3. The molecular weight excluding hydrogens is 140 g/mol. The second-order valence-corrected chi connectivity index (χ2v) is 3.76. The van der Waals surface area contributed by atoms with E-state index in [9.17, 15) is 9.90 Å². The molecule has 2 aliphatic carbocycles. The van der Waals surface area contributed by atoms with Gasteiger partial charge in [-0.3, -0.25) is 4.79 Å². The SMILES string of the molecule is CC1(O)C(=O)CC2C=CC1C2. The molecule has 0 saturated heterocycles. The number of allylic oxidation sites excluding steroid dienone is 1. The van der Waals surface area contributed by atoms with Gasteiger partial charge in [0.05, 0.1) is 0 Å². The third-order valence-corrected chi connectivity index (χ3v) is 2.91. The molecule has 60 valence electrons. The molecule has 0 aromatic carbocycles. The van der Waals surface area contributed by atoms with Crippen molar-refractivity contribution in [3.05, 3.63) is 12.2 Å². The molecule has 0 aromatic rings. The lowest BCUT2D eigenvalue weighted by atomic mass is 9.76. The zero-order chi connectivity index (χ0) is 8.06. The molecule has 2 bridgehead atoms. The van der Waals surface area contributed by atoms with Crippen LogP contribution in [0.2, 0.25) is 0 Å². The standard InChI is InChI=1S/C9H12O2/c1-9(11)7-3-2-6(4-7)5-8(9)10/h2-3,6-7,11H,4-5H2,1H3. The van der Waals surface area contributed by atoms with E-state index in [4.69, 9.17) is 0 Å². The van der Waals surface area contributed by atoms with Gasteiger partial charge in [-0.2, -0.15) is 0 Å². The number of rotatable bonds is 0. The first-order valence-corrected chi connectivity index (χ1v) is 4.04. The van der Waals surface area contributed by atoms with E-state index in [1.807, 2.05) is 6.08 Å². The summed E-state index contributed by atoms with van der Waals surface area (Å²) in [4.78, 5) is 11.3. The van der Waals surface area contributed by atoms with Crippen LogP contribution in [0, 0.1) is 11.8 Å². The van der Waals surface area contributed by atoms with E-state index in [2.05, 4.69) is 6.08 Å². The lowest BCUT2D eigenvalue weighted by Crippen LogP contribution is -2.45. The normalized spacial score (nSPS) is 48.4. The fourth-order valence-electron chi connectivity index (χ4n) is 1.99. The number of aliphatic hydroxyl groups is 1. The summed E-state index contributed by atoms with van der Waals surface area (Å²) in [7, 11) is 0. The Morgan fingerprint density at radius 2 is 2.36 bits per heavy atom. The molecule has 3 atom stereocenters. The zero-order valence-corrected chi connectivity index (χ0v) is 6.58. The largest absolute Gasteiger partial charge is 0.382 e.